The van der Waals surface area contributed by atoms with Gasteiger partial charge in [0.05, 0.1) is 11.8 Å². The fraction of sp³-hybridized carbons (Fsp3) is 0.692. The number of imide groups is 2. The van der Waals surface area contributed by atoms with Crippen molar-refractivity contribution in [1.82, 2.24) is 10.2 Å². The van der Waals surface area contributed by atoms with E-state index in [-0.39, 0.29) is 47.3 Å². The summed E-state index contributed by atoms with van der Waals surface area (Å²) in [6, 6.07) is 0. The topological polar surface area (TPSA) is 83.6 Å². The monoisotopic (exact) mass is 264 g/mol. The van der Waals surface area contributed by atoms with Crippen molar-refractivity contribution in [3.8, 4) is 0 Å². The maximum absolute atomic E-state index is 12.0. The van der Waals surface area contributed by atoms with Crippen LogP contribution in [0.5, 0.6) is 0 Å². The number of rotatable bonds is 0. The highest BCUT2D eigenvalue weighted by atomic mass is 16.2. The smallest absolute Gasteiger partial charge is 0.232 e. The molecule has 4 atom stereocenters. The van der Waals surface area contributed by atoms with E-state index in [0.29, 0.717) is 25.7 Å². The Morgan fingerprint density at radius 3 is 1.58 bits per heavy atom. The van der Waals surface area contributed by atoms with Crippen LogP contribution in [0.4, 0.5) is 0 Å². The van der Waals surface area contributed by atoms with E-state index in [9.17, 15) is 19.2 Å². The average Bonchev–Trinajstić information content (AvgIpc) is 2.70. The van der Waals surface area contributed by atoms with Crippen LogP contribution >= 0.6 is 0 Å². The molecular weight excluding hydrogens is 248 g/mol. The number of hydrogen-bond donors (Lipinski definition) is 1. The van der Waals surface area contributed by atoms with Crippen molar-refractivity contribution in [3.63, 3.8) is 0 Å². The number of carbonyl (C=O) groups excluding carboxylic acids is 4. The molecule has 19 heavy (non-hydrogen) atoms. The van der Waals surface area contributed by atoms with Crippen LogP contribution in [0.1, 0.15) is 25.7 Å². The van der Waals surface area contributed by atoms with Gasteiger partial charge in [-0.05, 0) is 25.7 Å². The molecule has 0 radical (unpaired) electrons. The zero-order chi connectivity index (χ0) is 13.7. The second kappa shape index (κ2) is 4.15. The van der Waals surface area contributed by atoms with Crippen LogP contribution in [0.2, 0.25) is 0 Å². The van der Waals surface area contributed by atoms with Gasteiger partial charge in [-0.15, -0.1) is 0 Å². The predicted octanol–water partition coefficient (Wildman–Crippen LogP) is -0.320. The molecule has 4 amide bonds. The molecule has 102 valence electrons. The molecule has 6 heteroatoms. The third kappa shape index (κ3) is 1.69. The van der Waals surface area contributed by atoms with Gasteiger partial charge in [0, 0.05) is 18.9 Å². The Balaban J connectivity index is 1.84. The Bertz CT molecular complexity index is 445. The van der Waals surface area contributed by atoms with Gasteiger partial charge in [0.15, 0.2) is 0 Å². The molecule has 2 saturated heterocycles. The molecule has 0 spiro atoms. The Labute approximate surface area is 110 Å². The van der Waals surface area contributed by atoms with Crippen LogP contribution in [0.3, 0.4) is 0 Å². The lowest BCUT2D eigenvalue weighted by molar-refractivity contribution is -0.138. The van der Waals surface area contributed by atoms with Gasteiger partial charge in [-0.3, -0.25) is 29.4 Å². The van der Waals surface area contributed by atoms with Gasteiger partial charge in [-0.2, -0.15) is 0 Å². The maximum atomic E-state index is 12.0. The Kier molecular flexibility index (Phi) is 2.69. The molecule has 2 heterocycles. The molecule has 1 N–H and O–H groups in total. The molecule has 1 aliphatic carbocycles. The van der Waals surface area contributed by atoms with Crippen LogP contribution in [0, 0.1) is 23.7 Å². The number of carbonyl (C=O) groups is 4. The summed E-state index contributed by atoms with van der Waals surface area (Å²) in [4.78, 5) is 48.6. The third-order valence-electron chi connectivity index (χ3n) is 4.76. The fourth-order valence-electron chi connectivity index (χ4n) is 3.65. The summed E-state index contributed by atoms with van der Waals surface area (Å²) < 4.78 is 0. The normalized spacial score (nSPS) is 38.7. The van der Waals surface area contributed by atoms with E-state index in [2.05, 4.69) is 5.32 Å². The standard InChI is InChI=1S/C13H16N2O4/c1-15-12(18)8-4-2-6-7(11(17)14-10(6)16)3-5-9(8)13(15)19/h6-9H,2-5H2,1H3,(H,14,16,17). The number of nitrogens with zero attached hydrogens (tertiary/aromatic N) is 1. The summed E-state index contributed by atoms with van der Waals surface area (Å²) in [7, 11) is 1.51. The molecule has 6 nitrogen and oxygen atoms in total. The number of nitrogens with one attached hydrogen (secondary N) is 1. The van der Waals surface area contributed by atoms with Crippen LogP contribution in [0.15, 0.2) is 0 Å². The number of fused-ring (bicyclic) bond motifs is 2. The summed E-state index contributed by atoms with van der Waals surface area (Å²) in [5.74, 6) is -1.97. The van der Waals surface area contributed by atoms with Crippen LogP contribution < -0.4 is 5.32 Å². The van der Waals surface area contributed by atoms with Crippen molar-refractivity contribution >= 4 is 23.6 Å². The molecule has 3 rings (SSSR count). The van der Waals surface area contributed by atoms with E-state index in [1.165, 1.54) is 11.9 Å². The Morgan fingerprint density at radius 2 is 1.16 bits per heavy atom. The molecule has 3 fully saturated rings. The van der Waals surface area contributed by atoms with Gasteiger partial charge in [0.2, 0.25) is 23.6 Å². The Morgan fingerprint density at radius 1 is 0.789 bits per heavy atom. The minimum Gasteiger partial charge on any atom is -0.296 e. The molecule has 3 aliphatic rings. The zero-order valence-corrected chi connectivity index (χ0v) is 10.7. The van der Waals surface area contributed by atoms with Gasteiger partial charge in [0.25, 0.3) is 0 Å². The van der Waals surface area contributed by atoms with E-state index >= 15 is 0 Å². The van der Waals surface area contributed by atoms with Gasteiger partial charge in [-0.1, -0.05) is 0 Å². The molecule has 4 unspecified atom stereocenters. The lowest BCUT2D eigenvalue weighted by Crippen LogP contribution is -2.27. The highest BCUT2D eigenvalue weighted by Crippen LogP contribution is 2.40. The van der Waals surface area contributed by atoms with Crippen LogP contribution in [0.25, 0.3) is 0 Å². The molecule has 1 saturated carbocycles. The van der Waals surface area contributed by atoms with Crippen molar-refractivity contribution < 1.29 is 19.2 Å². The summed E-state index contributed by atoms with van der Waals surface area (Å²) in [5.41, 5.74) is 0. The molecule has 0 bridgehead atoms. The first kappa shape index (κ1) is 12.3. The summed E-state index contributed by atoms with van der Waals surface area (Å²) in [6.07, 6.45) is 2.05. The average molecular weight is 264 g/mol. The van der Waals surface area contributed by atoms with Crippen molar-refractivity contribution in [2.45, 2.75) is 25.7 Å². The van der Waals surface area contributed by atoms with Crippen molar-refractivity contribution in [2.24, 2.45) is 23.7 Å². The highest BCUT2D eigenvalue weighted by Gasteiger charge is 2.50. The first-order valence-corrected chi connectivity index (χ1v) is 6.67. The lowest BCUT2D eigenvalue weighted by Gasteiger charge is -2.24. The first-order chi connectivity index (χ1) is 9.00. The maximum Gasteiger partial charge on any atom is 0.232 e. The molecule has 0 aromatic heterocycles. The van der Waals surface area contributed by atoms with Gasteiger partial charge < -0.3 is 0 Å². The molecular formula is C13H16N2O4. The van der Waals surface area contributed by atoms with Gasteiger partial charge in [-0.25, -0.2) is 0 Å². The van der Waals surface area contributed by atoms with E-state index < -0.39 is 0 Å². The van der Waals surface area contributed by atoms with E-state index in [1.54, 1.807) is 0 Å². The van der Waals surface area contributed by atoms with Crippen LogP contribution in [-0.4, -0.2) is 35.6 Å². The highest BCUT2D eigenvalue weighted by molar-refractivity contribution is 6.06. The van der Waals surface area contributed by atoms with Crippen molar-refractivity contribution in [1.29, 1.82) is 0 Å². The summed E-state index contributed by atoms with van der Waals surface area (Å²) in [5, 5.41) is 2.35. The van der Waals surface area contributed by atoms with E-state index in [0.717, 1.165) is 0 Å². The summed E-state index contributed by atoms with van der Waals surface area (Å²) in [6.45, 7) is 0. The minimum atomic E-state index is -0.317. The summed E-state index contributed by atoms with van der Waals surface area (Å²) >= 11 is 0. The van der Waals surface area contributed by atoms with Gasteiger partial charge in [0.1, 0.15) is 0 Å². The number of hydrogen-bond acceptors (Lipinski definition) is 4. The molecule has 0 aromatic rings. The molecule has 2 aliphatic heterocycles. The SMILES string of the molecule is CN1C(=O)C2CCC3C(=O)NC(=O)C3CCC2C1=O. The van der Waals surface area contributed by atoms with E-state index in [1.807, 2.05) is 0 Å². The number of amides is 4. The first-order valence-electron chi connectivity index (χ1n) is 6.67. The minimum absolute atomic E-state index is 0.141. The van der Waals surface area contributed by atoms with E-state index in [4.69, 9.17) is 0 Å². The van der Waals surface area contributed by atoms with Crippen molar-refractivity contribution in [2.75, 3.05) is 7.05 Å². The van der Waals surface area contributed by atoms with Crippen molar-refractivity contribution in [3.05, 3.63) is 0 Å². The Hall–Kier alpha value is -1.72. The predicted molar refractivity (Wildman–Crippen MR) is 63.4 cm³/mol. The second-order valence-electron chi connectivity index (χ2n) is 5.67. The molecule has 0 aromatic carbocycles. The number of likely N-dealkylation sites (tertiary alicyclic amines) is 1. The van der Waals surface area contributed by atoms with Gasteiger partial charge >= 0.3 is 0 Å². The quantitative estimate of drug-likeness (QED) is 0.608. The second-order valence-corrected chi connectivity index (χ2v) is 5.67. The van der Waals surface area contributed by atoms with Crippen LogP contribution in [-0.2, 0) is 19.2 Å². The third-order valence-corrected chi connectivity index (χ3v) is 4.76. The largest absolute Gasteiger partial charge is 0.296 e. The zero-order valence-electron chi connectivity index (χ0n) is 10.7. The lowest BCUT2D eigenvalue weighted by atomic mass is 9.76. The fourth-order valence-corrected chi connectivity index (χ4v) is 3.65.